The van der Waals surface area contributed by atoms with Gasteiger partial charge in [0.25, 0.3) is 5.91 Å². The molecular weight excluding hydrogens is 235 g/mol. The van der Waals surface area contributed by atoms with Gasteiger partial charge in [-0.1, -0.05) is 6.92 Å². The zero-order chi connectivity index (χ0) is 13.3. The summed E-state index contributed by atoms with van der Waals surface area (Å²) >= 11 is 0. The van der Waals surface area contributed by atoms with Crippen LogP contribution in [0.15, 0.2) is 18.2 Å². The highest BCUT2D eigenvalue weighted by molar-refractivity contribution is 5.95. The minimum atomic E-state index is -0.529. The van der Waals surface area contributed by atoms with Gasteiger partial charge in [0, 0.05) is 18.7 Å². The Balaban J connectivity index is 2.14. The summed E-state index contributed by atoms with van der Waals surface area (Å²) in [5, 5.41) is 9.76. The van der Waals surface area contributed by atoms with Gasteiger partial charge in [-0.05, 0) is 30.5 Å². The molecule has 1 aliphatic rings. The minimum absolute atomic E-state index is 0.0354. The predicted octanol–water partition coefficient (Wildman–Crippen LogP) is 1.25. The van der Waals surface area contributed by atoms with Crippen molar-refractivity contribution >= 4 is 11.6 Å². The highest BCUT2D eigenvalue weighted by Gasteiger charge is 2.27. The first-order valence-corrected chi connectivity index (χ1v) is 6.01. The summed E-state index contributed by atoms with van der Waals surface area (Å²) in [6, 6.07) is 3.94. The average molecular weight is 252 g/mol. The SMILES string of the molecule is CC1CCN(C(=O)c2ccc(F)c(N)c2)CC1O. The number of carbonyl (C=O) groups excluding carboxylic acids is 1. The fourth-order valence-electron chi connectivity index (χ4n) is 2.09. The highest BCUT2D eigenvalue weighted by Crippen LogP contribution is 2.20. The Morgan fingerprint density at radius 2 is 2.28 bits per heavy atom. The van der Waals surface area contributed by atoms with Crippen molar-refractivity contribution in [2.24, 2.45) is 5.92 Å². The zero-order valence-corrected chi connectivity index (χ0v) is 10.3. The van der Waals surface area contributed by atoms with Gasteiger partial charge in [-0.15, -0.1) is 0 Å². The number of aliphatic hydroxyl groups excluding tert-OH is 1. The van der Waals surface area contributed by atoms with Crippen molar-refractivity contribution in [3.63, 3.8) is 0 Å². The number of anilines is 1. The number of nitrogens with zero attached hydrogens (tertiary/aromatic N) is 1. The first kappa shape index (κ1) is 12.8. The van der Waals surface area contributed by atoms with Crippen LogP contribution in [-0.4, -0.2) is 35.1 Å². The number of β-amino-alcohol motifs (C(OH)–C–C–N with tert-alkyl or cyclic N) is 1. The van der Waals surface area contributed by atoms with Gasteiger partial charge >= 0.3 is 0 Å². The maximum atomic E-state index is 13.0. The van der Waals surface area contributed by atoms with E-state index in [1.54, 1.807) is 4.90 Å². The van der Waals surface area contributed by atoms with Gasteiger partial charge in [-0.3, -0.25) is 4.79 Å². The van der Waals surface area contributed by atoms with E-state index in [1.165, 1.54) is 18.2 Å². The number of hydrogen-bond donors (Lipinski definition) is 2. The van der Waals surface area contributed by atoms with E-state index in [4.69, 9.17) is 5.73 Å². The Bertz CT molecular complexity index is 464. The first-order chi connectivity index (χ1) is 8.49. The summed E-state index contributed by atoms with van der Waals surface area (Å²) in [6.45, 7) is 2.88. The normalized spacial score (nSPS) is 24.1. The Labute approximate surface area is 105 Å². The molecule has 0 aliphatic carbocycles. The van der Waals surface area contributed by atoms with Crippen molar-refractivity contribution in [1.82, 2.24) is 4.90 Å². The van der Waals surface area contributed by atoms with E-state index in [0.717, 1.165) is 6.42 Å². The number of piperidine rings is 1. The van der Waals surface area contributed by atoms with Crippen molar-refractivity contribution in [2.75, 3.05) is 18.8 Å². The van der Waals surface area contributed by atoms with E-state index in [0.29, 0.717) is 18.7 Å². The van der Waals surface area contributed by atoms with Crippen LogP contribution in [0.3, 0.4) is 0 Å². The molecule has 0 aromatic heterocycles. The number of aliphatic hydroxyl groups is 1. The van der Waals surface area contributed by atoms with E-state index >= 15 is 0 Å². The molecule has 1 amide bonds. The molecule has 1 fully saturated rings. The second-order valence-electron chi connectivity index (χ2n) is 4.82. The molecule has 0 spiro atoms. The molecule has 0 radical (unpaired) electrons. The third-order valence-electron chi connectivity index (χ3n) is 3.45. The van der Waals surface area contributed by atoms with Crippen molar-refractivity contribution in [2.45, 2.75) is 19.4 Å². The quantitative estimate of drug-likeness (QED) is 0.739. The van der Waals surface area contributed by atoms with E-state index in [-0.39, 0.29) is 17.5 Å². The predicted molar refractivity (Wildman–Crippen MR) is 66.5 cm³/mol. The van der Waals surface area contributed by atoms with Crippen LogP contribution in [0.1, 0.15) is 23.7 Å². The third-order valence-corrected chi connectivity index (χ3v) is 3.45. The number of nitrogen functional groups attached to an aromatic ring is 1. The molecule has 1 aliphatic heterocycles. The van der Waals surface area contributed by atoms with Gasteiger partial charge in [0.15, 0.2) is 0 Å². The molecule has 5 heteroatoms. The standard InChI is InChI=1S/C13H17FN2O2/c1-8-4-5-16(7-12(8)17)13(18)9-2-3-10(14)11(15)6-9/h2-3,6,8,12,17H,4-5,7,15H2,1H3. The van der Waals surface area contributed by atoms with Crippen LogP contribution < -0.4 is 5.73 Å². The second kappa shape index (κ2) is 4.94. The van der Waals surface area contributed by atoms with Crippen LogP contribution in [0.4, 0.5) is 10.1 Å². The molecule has 1 heterocycles. The molecule has 2 atom stereocenters. The minimum Gasteiger partial charge on any atom is -0.396 e. The Morgan fingerprint density at radius 1 is 1.56 bits per heavy atom. The molecule has 0 saturated carbocycles. The van der Waals surface area contributed by atoms with E-state index in [2.05, 4.69) is 0 Å². The van der Waals surface area contributed by atoms with Gasteiger partial charge < -0.3 is 15.7 Å². The average Bonchev–Trinajstić information content (AvgIpc) is 2.35. The van der Waals surface area contributed by atoms with Crippen molar-refractivity contribution in [1.29, 1.82) is 0 Å². The monoisotopic (exact) mass is 252 g/mol. The first-order valence-electron chi connectivity index (χ1n) is 6.01. The van der Waals surface area contributed by atoms with Gasteiger partial charge in [-0.25, -0.2) is 4.39 Å². The number of amides is 1. The van der Waals surface area contributed by atoms with Crippen LogP contribution in [0.2, 0.25) is 0 Å². The van der Waals surface area contributed by atoms with E-state index in [1.807, 2.05) is 6.92 Å². The summed E-state index contributed by atoms with van der Waals surface area (Å²) in [6.07, 6.45) is 0.268. The smallest absolute Gasteiger partial charge is 0.254 e. The highest BCUT2D eigenvalue weighted by atomic mass is 19.1. The second-order valence-corrected chi connectivity index (χ2v) is 4.82. The van der Waals surface area contributed by atoms with Crippen molar-refractivity contribution in [3.8, 4) is 0 Å². The maximum Gasteiger partial charge on any atom is 0.254 e. The van der Waals surface area contributed by atoms with Gasteiger partial charge in [0.05, 0.1) is 11.8 Å². The molecule has 2 unspecified atom stereocenters. The number of rotatable bonds is 1. The van der Waals surface area contributed by atoms with Gasteiger partial charge in [0.2, 0.25) is 0 Å². The summed E-state index contributed by atoms with van der Waals surface area (Å²) in [5.74, 6) is -0.543. The molecule has 2 rings (SSSR count). The fourth-order valence-corrected chi connectivity index (χ4v) is 2.09. The van der Waals surface area contributed by atoms with Crippen molar-refractivity contribution in [3.05, 3.63) is 29.6 Å². The van der Waals surface area contributed by atoms with E-state index < -0.39 is 11.9 Å². The van der Waals surface area contributed by atoms with Crippen LogP contribution in [-0.2, 0) is 0 Å². The van der Waals surface area contributed by atoms with E-state index in [9.17, 15) is 14.3 Å². The summed E-state index contributed by atoms with van der Waals surface area (Å²) in [4.78, 5) is 13.7. The lowest BCUT2D eigenvalue weighted by molar-refractivity contribution is 0.0248. The summed E-state index contributed by atoms with van der Waals surface area (Å²) < 4.78 is 13.0. The molecular formula is C13H17FN2O2. The molecule has 1 aromatic rings. The number of nitrogens with two attached hydrogens (primary N) is 1. The Kier molecular flexibility index (Phi) is 3.52. The number of halogens is 1. The zero-order valence-electron chi connectivity index (χ0n) is 10.3. The van der Waals surface area contributed by atoms with Crippen LogP contribution in [0, 0.1) is 11.7 Å². The summed E-state index contributed by atoms with van der Waals surface area (Å²) in [5.41, 5.74) is 5.76. The number of likely N-dealkylation sites (tertiary alicyclic amines) is 1. The molecule has 18 heavy (non-hydrogen) atoms. The number of benzene rings is 1. The van der Waals surface area contributed by atoms with Crippen LogP contribution >= 0.6 is 0 Å². The lowest BCUT2D eigenvalue weighted by atomic mass is 9.95. The number of hydrogen-bond acceptors (Lipinski definition) is 3. The van der Waals surface area contributed by atoms with Crippen LogP contribution in [0.5, 0.6) is 0 Å². The third kappa shape index (κ3) is 2.46. The molecule has 0 bridgehead atoms. The topological polar surface area (TPSA) is 66.6 Å². The van der Waals surface area contributed by atoms with Gasteiger partial charge in [-0.2, -0.15) is 0 Å². The molecule has 1 saturated heterocycles. The van der Waals surface area contributed by atoms with Crippen molar-refractivity contribution < 1.29 is 14.3 Å². The molecule has 98 valence electrons. The molecule has 3 N–H and O–H groups in total. The van der Waals surface area contributed by atoms with Gasteiger partial charge in [0.1, 0.15) is 5.82 Å². The Hall–Kier alpha value is -1.62. The lowest BCUT2D eigenvalue weighted by Gasteiger charge is -2.34. The Morgan fingerprint density at radius 3 is 2.89 bits per heavy atom. The molecule has 1 aromatic carbocycles. The maximum absolute atomic E-state index is 13.0. The largest absolute Gasteiger partial charge is 0.396 e. The number of carbonyl (C=O) groups is 1. The molecule has 4 nitrogen and oxygen atoms in total. The fraction of sp³-hybridized carbons (Fsp3) is 0.462. The van der Waals surface area contributed by atoms with Crippen LogP contribution in [0.25, 0.3) is 0 Å². The summed E-state index contributed by atoms with van der Waals surface area (Å²) in [7, 11) is 0. The lowest BCUT2D eigenvalue weighted by Crippen LogP contribution is -2.45.